The van der Waals surface area contributed by atoms with E-state index in [0.717, 1.165) is 17.8 Å². The van der Waals surface area contributed by atoms with Gasteiger partial charge in [-0.3, -0.25) is 4.79 Å². The number of piperidine rings is 2. The lowest BCUT2D eigenvalue weighted by Gasteiger charge is -2.36. The molecule has 2 aromatic rings. The van der Waals surface area contributed by atoms with Crippen LogP contribution < -0.4 is 16.0 Å². The van der Waals surface area contributed by atoms with Crippen LogP contribution in [0.5, 0.6) is 0 Å². The monoisotopic (exact) mass is 514 g/mol. The number of benzene rings is 1. The zero-order valence-electron chi connectivity index (χ0n) is 19.9. The number of halogens is 2. The van der Waals surface area contributed by atoms with Crippen LogP contribution in [0.3, 0.4) is 0 Å². The molecule has 4 heterocycles. The van der Waals surface area contributed by atoms with Gasteiger partial charge in [0.15, 0.2) is 5.82 Å². The van der Waals surface area contributed by atoms with Crippen LogP contribution in [-0.4, -0.2) is 89.4 Å². The summed E-state index contributed by atoms with van der Waals surface area (Å²) in [6.07, 6.45) is 4.04. The van der Waals surface area contributed by atoms with Gasteiger partial charge < -0.3 is 25.8 Å². The van der Waals surface area contributed by atoms with E-state index in [9.17, 15) is 14.0 Å². The lowest BCUT2D eigenvalue weighted by molar-refractivity contribution is 0.101. The van der Waals surface area contributed by atoms with Gasteiger partial charge in [0.05, 0.1) is 17.8 Å². The maximum absolute atomic E-state index is 14.3. The van der Waals surface area contributed by atoms with E-state index in [0.29, 0.717) is 61.2 Å². The molecule has 10 nitrogen and oxygen atoms in total. The van der Waals surface area contributed by atoms with Crippen molar-refractivity contribution in [1.82, 2.24) is 25.1 Å². The summed E-state index contributed by atoms with van der Waals surface area (Å²) < 4.78 is 14.3. The third-order valence-electron chi connectivity index (χ3n) is 6.78. The molecule has 1 aromatic heterocycles. The fraction of sp³-hybridized carbons (Fsp3) is 0.458. The van der Waals surface area contributed by atoms with Crippen molar-refractivity contribution in [2.75, 3.05) is 43.9 Å². The molecule has 3 amide bonds. The lowest BCUT2D eigenvalue weighted by Crippen LogP contribution is -2.55. The summed E-state index contributed by atoms with van der Waals surface area (Å²) in [6, 6.07) is 4.73. The van der Waals surface area contributed by atoms with Crippen LogP contribution in [0.1, 0.15) is 35.2 Å². The zero-order valence-corrected chi connectivity index (χ0v) is 20.6. The average molecular weight is 515 g/mol. The standard InChI is InChI=1S/C24H28ClFN8O2/c1-33-7-6-20(19(26)13-33)31-24(36)34-8-4-15(5-9-34)29-21-18(25)12-28-23(32-21)30-16-2-3-17-14(10-16)11-27-22(17)35/h2-3,10-12,15,19-20H,4-9,13H2,1H3,(H,31,36)(H2,28,29,30,32)/t19-,20+/m0/s1. The summed E-state index contributed by atoms with van der Waals surface area (Å²) in [5.41, 5.74) is 2.03. The first-order valence-corrected chi connectivity index (χ1v) is 12.4. The molecule has 12 heteroatoms. The summed E-state index contributed by atoms with van der Waals surface area (Å²) in [5, 5.41) is 9.76. The summed E-state index contributed by atoms with van der Waals surface area (Å²) in [7, 11) is 1.89. The number of amides is 3. The first-order chi connectivity index (χ1) is 17.4. The van der Waals surface area contributed by atoms with E-state index in [4.69, 9.17) is 11.6 Å². The molecule has 0 spiro atoms. The number of rotatable bonds is 5. The number of likely N-dealkylation sites (tertiary alicyclic amines) is 2. The third-order valence-corrected chi connectivity index (χ3v) is 7.06. The number of carbonyl (C=O) groups excluding carboxylic acids is 2. The molecule has 2 atom stereocenters. The van der Waals surface area contributed by atoms with Crippen LogP contribution in [0.4, 0.5) is 26.6 Å². The van der Waals surface area contributed by atoms with Crippen molar-refractivity contribution >= 4 is 47.2 Å². The Balaban J connectivity index is 1.15. The normalized spacial score (nSPS) is 22.4. The van der Waals surface area contributed by atoms with Gasteiger partial charge in [-0.2, -0.15) is 4.98 Å². The zero-order chi connectivity index (χ0) is 25.2. The Morgan fingerprint density at radius 3 is 2.78 bits per heavy atom. The molecule has 190 valence electrons. The van der Waals surface area contributed by atoms with Crippen molar-refractivity contribution in [2.45, 2.75) is 37.5 Å². The smallest absolute Gasteiger partial charge is 0.317 e. The topological polar surface area (TPSA) is 115 Å². The summed E-state index contributed by atoms with van der Waals surface area (Å²) in [6.45, 7) is 2.22. The molecule has 0 aliphatic carbocycles. The van der Waals surface area contributed by atoms with E-state index in [1.807, 2.05) is 18.0 Å². The molecule has 2 fully saturated rings. The third kappa shape index (κ3) is 5.41. The van der Waals surface area contributed by atoms with Crippen molar-refractivity contribution < 1.29 is 14.0 Å². The number of hydrogen-bond acceptors (Lipinski definition) is 7. The molecule has 0 saturated carbocycles. The molecular weight excluding hydrogens is 487 g/mol. The Kier molecular flexibility index (Phi) is 7.01. The van der Waals surface area contributed by atoms with Gasteiger partial charge in [-0.15, -0.1) is 0 Å². The number of fused-ring (bicyclic) bond motifs is 1. The number of carbonyl (C=O) groups is 2. The van der Waals surface area contributed by atoms with Crippen LogP contribution in [0, 0.1) is 0 Å². The average Bonchev–Trinajstić information content (AvgIpc) is 3.23. The summed E-state index contributed by atoms with van der Waals surface area (Å²) in [5.74, 6) is 0.614. The highest BCUT2D eigenvalue weighted by atomic mass is 35.5. The summed E-state index contributed by atoms with van der Waals surface area (Å²) in [4.78, 5) is 40.6. The Morgan fingerprint density at radius 1 is 1.19 bits per heavy atom. The number of hydrogen-bond donors (Lipinski definition) is 3. The van der Waals surface area contributed by atoms with Crippen molar-refractivity contribution in [2.24, 2.45) is 4.99 Å². The van der Waals surface area contributed by atoms with E-state index in [1.165, 1.54) is 12.4 Å². The molecule has 0 bridgehead atoms. The predicted molar refractivity (Wildman–Crippen MR) is 136 cm³/mol. The Hall–Kier alpha value is -3.31. The van der Waals surface area contributed by atoms with Gasteiger partial charge in [0.25, 0.3) is 5.91 Å². The summed E-state index contributed by atoms with van der Waals surface area (Å²) >= 11 is 6.34. The minimum absolute atomic E-state index is 0.0776. The number of urea groups is 1. The number of aromatic nitrogens is 2. The highest BCUT2D eigenvalue weighted by Gasteiger charge is 2.31. The number of alkyl halides is 1. The van der Waals surface area contributed by atoms with E-state index in [1.54, 1.807) is 17.0 Å². The number of anilines is 3. The Morgan fingerprint density at radius 2 is 2.00 bits per heavy atom. The fourth-order valence-corrected chi connectivity index (χ4v) is 4.83. The van der Waals surface area contributed by atoms with Crippen molar-refractivity contribution in [3.63, 3.8) is 0 Å². The molecule has 2 saturated heterocycles. The van der Waals surface area contributed by atoms with Crippen LogP contribution in [0.25, 0.3) is 0 Å². The van der Waals surface area contributed by atoms with Crippen LogP contribution in [0.15, 0.2) is 29.4 Å². The number of aliphatic imine (C=N–C) groups is 1. The first kappa shape index (κ1) is 24.4. The molecule has 3 N–H and O–H groups in total. The highest BCUT2D eigenvalue weighted by Crippen LogP contribution is 2.26. The Bertz CT molecular complexity index is 1190. The highest BCUT2D eigenvalue weighted by molar-refractivity contribution is 6.32. The van der Waals surface area contributed by atoms with E-state index in [2.05, 4.69) is 30.9 Å². The molecule has 5 rings (SSSR count). The molecule has 0 unspecified atom stereocenters. The van der Waals surface area contributed by atoms with E-state index < -0.39 is 12.2 Å². The molecule has 3 aliphatic heterocycles. The SMILES string of the molecule is CN1CC[C@@H](NC(=O)N2CCC(Nc3nc(Nc4ccc5c(c4)C=NC5=O)ncc3Cl)CC2)[C@@H](F)C1. The number of nitrogens with zero attached hydrogens (tertiary/aromatic N) is 5. The van der Waals surface area contributed by atoms with Crippen LogP contribution >= 0.6 is 11.6 Å². The van der Waals surface area contributed by atoms with Gasteiger partial charge in [-0.05, 0) is 44.5 Å². The minimum atomic E-state index is -1.05. The van der Waals surface area contributed by atoms with Crippen molar-refractivity contribution in [3.05, 3.63) is 40.5 Å². The van der Waals surface area contributed by atoms with Crippen LogP contribution in [0.2, 0.25) is 5.02 Å². The Labute approximate surface area is 213 Å². The second-order valence-corrected chi connectivity index (χ2v) is 9.82. The molecule has 3 aliphatic rings. The minimum Gasteiger partial charge on any atom is -0.366 e. The predicted octanol–water partition coefficient (Wildman–Crippen LogP) is 3.07. The maximum atomic E-state index is 14.3. The van der Waals surface area contributed by atoms with Crippen molar-refractivity contribution in [1.29, 1.82) is 0 Å². The fourth-order valence-electron chi connectivity index (χ4n) is 4.69. The lowest BCUT2D eigenvalue weighted by atomic mass is 10.0. The van der Waals surface area contributed by atoms with Gasteiger partial charge in [-0.25, -0.2) is 19.2 Å². The molecule has 0 radical (unpaired) electrons. The number of nitrogens with one attached hydrogen (secondary N) is 3. The van der Waals surface area contributed by atoms with Crippen LogP contribution in [-0.2, 0) is 0 Å². The largest absolute Gasteiger partial charge is 0.366 e. The van der Waals surface area contributed by atoms with Gasteiger partial charge in [-0.1, -0.05) is 11.6 Å². The van der Waals surface area contributed by atoms with Gasteiger partial charge in [0.1, 0.15) is 11.2 Å². The molecule has 36 heavy (non-hydrogen) atoms. The maximum Gasteiger partial charge on any atom is 0.317 e. The quantitative estimate of drug-likeness (QED) is 0.561. The molecule has 1 aromatic carbocycles. The van der Waals surface area contributed by atoms with Gasteiger partial charge in [0, 0.05) is 49.7 Å². The van der Waals surface area contributed by atoms with Gasteiger partial charge in [0.2, 0.25) is 5.95 Å². The van der Waals surface area contributed by atoms with E-state index in [-0.39, 0.29) is 18.0 Å². The molecular formula is C24H28ClFN8O2. The second-order valence-electron chi connectivity index (χ2n) is 9.41. The first-order valence-electron chi connectivity index (χ1n) is 12.0. The second kappa shape index (κ2) is 10.4. The van der Waals surface area contributed by atoms with Crippen molar-refractivity contribution in [3.8, 4) is 0 Å². The van der Waals surface area contributed by atoms with Gasteiger partial charge >= 0.3 is 6.03 Å². The van der Waals surface area contributed by atoms with E-state index >= 15 is 0 Å².